The Bertz CT molecular complexity index is 520. The molecule has 1 aromatic carbocycles. The van der Waals surface area contributed by atoms with Gasteiger partial charge in [-0.05, 0) is 23.8 Å². The van der Waals surface area contributed by atoms with Crippen LogP contribution in [-0.4, -0.2) is 80.4 Å². The molecule has 2 unspecified atom stereocenters. The van der Waals surface area contributed by atoms with Gasteiger partial charge in [0.1, 0.15) is 18.3 Å². The van der Waals surface area contributed by atoms with Crippen LogP contribution < -0.4 is 4.74 Å². The molecule has 0 amide bonds. The Morgan fingerprint density at radius 1 is 1.17 bits per heavy atom. The highest BCUT2D eigenvalue weighted by Crippen LogP contribution is 2.26. The Morgan fingerprint density at radius 3 is 2.12 bits per heavy atom. The fraction of sp³-hybridized carbons (Fsp3) is 0.400. The van der Waals surface area contributed by atoms with Gasteiger partial charge in [0.05, 0.1) is 20.3 Å². The van der Waals surface area contributed by atoms with Crippen LogP contribution in [0.1, 0.15) is 5.56 Å². The van der Waals surface area contributed by atoms with Crippen molar-refractivity contribution in [2.75, 3.05) is 20.3 Å². The van der Waals surface area contributed by atoms with E-state index in [2.05, 4.69) is 0 Å². The molecule has 2 atom stereocenters. The van der Waals surface area contributed by atoms with Gasteiger partial charge in [0.25, 0.3) is 0 Å². The van der Waals surface area contributed by atoms with E-state index in [-0.39, 0.29) is 5.75 Å². The lowest BCUT2D eigenvalue weighted by Crippen LogP contribution is -2.41. The van der Waals surface area contributed by atoms with Crippen LogP contribution in [0.15, 0.2) is 24.3 Å². The maximum Gasteiger partial charge on any atom is 0.328 e. The molecule has 0 saturated carbocycles. The molecule has 0 aliphatic rings. The normalized spacial score (nSPS) is 14.4. The molecule has 7 N–H and O–H groups in total. The van der Waals surface area contributed by atoms with Crippen LogP contribution in [0.25, 0.3) is 6.08 Å². The SMILES string of the molecule is COc1cc(C=CC(=O)O)ccc1O.OCC(O)C(O)C(O)CO. The predicted molar refractivity (Wildman–Crippen MR) is 83.5 cm³/mol. The van der Waals surface area contributed by atoms with Crippen LogP contribution in [0.4, 0.5) is 0 Å². The minimum Gasteiger partial charge on any atom is -0.504 e. The van der Waals surface area contributed by atoms with Gasteiger partial charge in [-0.3, -0.25) is 0 Å². The number of phenols is 1. The van der Waals surface area contributed by atoms with Crippen LogP contribution in [0.5, 0.6) is 11.5 Å². The summed E-state index contributed by atoms with van der Waals surface area (Å²) < 4.78 is 4.86. The predicted octanol–water partition coefficient (Wildman–Crippen LogP) is -1.45. The van der Waals surface area contributed by atoms with Crippen molar-refractivity contribution in [2.24, 2.45) is 0 Å². The maximum atomic E-state index is 10.2. The number of methoxy groups -OCH3 is 1. The number of hydrogen-bond donors (Lipinski definition) is 7. The quantitative estimate of drug-likeness (QED) is 0.292. The first-order valence-electron chi connectivity index (χ1n) is 6.80. The standard InChI is InChI=1S/C10H10O4.C5H12O5/c1-14-9-6-7(2-4-8(9)11)3-5-10(12)13;6-1-3(8)5(10)4(9)2-7/h2-6,11H,1H3,(H,12,13);3-10H,1-2H2. The molecule has 0 aliphatic carbocycles. The number of phenolic OH excluding ortho intramolecular Hbond substituents is 1. The second-order valence-corrected chi connectivity index (χ2v) is 4.59. The average Bonchev–Trinajstić information content (AvgIpc) is 2.59. The molecule has 0 heterocycles. The summed E-state index contributed by atoms with van der Waals surface area (Å²) in [5.74, 6) is -0.672. The molecule has 1 rings (SSSR count). The number of ether oxygens (including phenoxy) is 1. The molecule has 9 heteroatoms. The van der Waals surface area contributed by atoms with Crippen molar-refractivity contribution in [1.29, 1.82) is 0 Å². The number of carbonyl (C=O) groups is 1. The molecule has 136 valence electrons. The molecule has 1 aromatic rings. The largest absolute Gasteiger partial charge is 0.504 e. The monoisotopic (exact) mass is 346 g/mol. The number of aliphatic hydroxyl groups excluding tert-OH is 5. The number of rotatable bonds is 7. The van der Waals surface area contributed by atoms with Gasteiger partial charge in [-0.1, -0.05) is 6.07 Å². The zero-order chi connectivity index (χ0) is 18.7. The Hall–Kier alpha value is -2.17. The van der Waals surface area contributed by atoms with E-state index in [4.69, 9.17) is 35.4 Å². The van der Waals surface area contributed by atoms with E-state index in [1.165, 1.54) is 19.3 Å². The van der Waals surface area contributed by atoms with Gasteiger partial charge >= 0.3 is 5.97 Å². The van der Waals surface area contributed by atoms with Gasteiger partial charge < -0.3 is 40.5 Å². The second-order valence-electron chi connectivity index (χ2n) is 4.59. The maximum absolute atomic E-state index is 10.2. The molecule has 0 radical (unpaired) electrons. The zero-order valence-electron chi connectivity index (χ0n) is 13.0. The first-order chi connectivity index (χ1) is 11.3. The number of carboxylic acids is 1. The van der Waals surface area contributed by atoms with E-state index in [9.17, 15) is 9.90 Å². The smallest absolute Gasteiger partial charge is 0.328 e. The Balaban J connectivity index is 0.000000470. The summed E-state index contributed by atoms with van der Waals surface area (Å²) in [7, 11) is 1.43. The Labute approximate surface area is 138 Å². The number of carboxylic acid groups (broad SMARTS) is 1. The molecule has 0 aromatic heterocycles. The highest BCUT2D eigenvalue weighted by atomic mass is 16.5. The van der Waals surface area contributed by atoms with E-state index in [0.717, 1.165) is 6.08 Å². The van der Waals surface area contributed by atoms with E-state index >= 15 is 0 Å². The first kappa shape index (κ1) is 21.8. The molecule has 0 fully saturated rings. The van der Waals surface area contributed by atoms with Crippen molar-refractivity contribution < 1.29 is 45.3 Å². The van der Waals surface area contributed by atoms with Crippen molar-refractivity contribution >= 4 is 12.0 Å². The average molecular weight is 346 g/mol. The number of aromatic hydroxyl groups is 1. The van der Waals surface area contributed by atoms with Crippen molar-refractivity contribution in [2.45, 2.75) is 18.3 Å². The fourth-order valence-electron chi connectivity index (χ4n) is 1.44. The lowest BCUT2D eigenvalue weighted by Gasteiger charge is -2.19. The molecule has 24 heavy (non-hydrogen) atoms. The molecular weight excluding hydrogens is 324 g/mol. The van der Waals surface area contributed by atoms with Gasteiger partial charge in [0.2, 0.25) is 0 Å². The topological polar surface area (TPSA) is 168 Å². The van der Waals surface area contributed by atoms with Crippen LogP contribution in [0.3, 0.4) is 0 Å². The minimum absolute atomic E-state index is 0.0278. The molecule has 0 saturated heterocycles. The lowest BCUT2D eigenvalue weighted by atomic mass is 10.1. The molecule has 0 spiro atoms. The Morgan fingerprint density at radius 2 is 1.71 bits per heavy atom. The van der Waals surface area contributed by atoms with E-state index in [1.807, 2.05) is 0 Å². The van der Waals surface area contributed by atoms with Gasteiger partial charge in [-0.2, -0.15) is 0 Å². The number of benzene rings is 1. The molecular formula is C15H22O9. The summed E-state index contributed by atoms with van der Waals surface area (Å²) >= 11 is 0. The Kier molecular flexibility index (Phi) is 10.3. The number of hydrogen-bond acceptors (Lipinski definition) is 8. The summed E-state index contributed by atoms with van der Waals surface area (Å²) in [4.78, 5) is 10.2. The third-order valence-electron chi connectivity index (χ3n) is 2.78. The summed E-state index contributed by atoms with van der Waals surface area (Å²) in [6.07, 6.45) is -1.85. The van der Waals surface area contributed by atoms with E-state index in [0.29, 0.717) is 11.3 Å². The summed E-state index contributed by atoms with van der Waals surface area (Å²) in [5.41, 5.74) is 0.655. The van der Waals surface area contributed by atoms with Crippen molar-refractivity contribution in [3.8, 4) is 11.5 Å². The molecule has 0 aliphatic heterocycles. The van der Waals surface area contributed by atoms with Gasteiger partial charge in [0, 0.05) is 6.08 Å². The van der Waals surface area contributed by atoms with Crippen LogP contribution in [0.2, 0.25) is 0 Å². The number of aliphatic hydroxyl groups is 5. The lowest BCUT2D eigenvalue weighted by molar-refractivity contribution is -0.131. The summed E-state index contributed by atoms with van der Waals surface area (Å²) in [6.45, 7) is -1.28. The number of aliphatic carboxylic acids is 1. The highest BCUT2D eigenvalue weighted by molar-refractivity contribution is 5.85. The molecule has 0 bridgehead atoms. The van der Waals surface area contributed by atoms with Crippen LogP contribution in [-0.2, 0) is 4.79 Å². The van der Waals surface area contributed by atoms with Crippen molar-refractivity contribution in [3.05, 3.63) is 29.8 Å². The van der Waals surface area contributed by atoms with Crippen molar-refractivity contribution in [3.63, 3.8) is 0 Å². The summed E-state index contributed by atoms with van der Waals surface area (Å²) in [6, 6.07) is 4.59. The highest BCUT2D eigenvalue weighted by Gasteiger charge is 2.22. The fourth-order valence-corrected chi connectivity index (χ4v) is 1.44. The second kappa shape index (κ2) is 11.4. The third kappa shape index (κ3) is 7.90. The van der Waals surface area contributed by atoms with Crippen LogP contribution >= 0.6 is 0 Å². The van der Waals surface area contributed by atoms with Gasteiger partial charge in [-0.25, -0.2) is 4.79 Å². The van der Waals surface area contributed by atoms with Crippen LogP contribution in [0, 0.1) is 0 Å². The van der Waals surface area contributed by atoms with Gasteiger partial charge in [-0.15, -0.1) is 0 Å². The minimum atomic E-state index is -1.49. The zero-order valence-corrected chi connectivity index (χ0v) is 13.0. The summed E-state index contributed by atoms with van der Waals surface area (Å²) in [5, 5.41) is 60.2. The van der Waals surface area contributed by atoms with E-state index in [1.54, 1.807) is 12.1 Å². The van der Waals surface area contributed by atoms with Crippen molar-refractivity contribution in [1.82, 2.24) is 0 Å². The molecule has 9 nitrogen and oxygen atoms in total. The first-order valence-corrected chi connectivity index (χ1v) is 6.80. The third-order valence-corrected chi connectivity index (χ3v) is 2.78. The van der Waals surface area contributed by atoms with Gasteiger partial charge in [0.15, 0.2) is 11.5 Å². The van der Waals surface area contributed by atoms with E-state index < -0.39 is 37.5 Å².